The summed E-state index contributed by atoms with van der Waals surface area (Å²) in [6.07, 6.45) is 0.925. The molecule has 0 aliphatic carbocycles. The van der Waals surface area contributed by atoms with Crippen LogP contribution in [0.25, 0.3) is 0 Å². The minimum atomic E-state index is 0.169. The minimum Gasteiger partial charge on any atom is -0.245 e. The molecule has 3 rings (SSSR count). The predicted molar refractivity (Wildman–Crippen MR) is 111 cm³/mol. The molecule has 0 aliphatic heterocycles. The van der Waals surface area contributed by atoms with Crippen molar-refractivity contribution in [2.75, 3.05) is 0 Å². The quantitative estimate of drug-likeness (QED) is 0.469. The van der Waals surface area contributed by atoms with E-state index in [2.05, 4.69) is 81.6 Å². The maximum Gasteiger partial charge on any atom is 0.0972 e. The summed E-state index contributed by atoms with van der Waals surface area (Å²) < 4.78 is 0. The molecule has 1 heterocycles. The van der Waals surface area contributed by atoms with Crippen molar-refractivity contribution in [3.63, 3.8) is 0 Å². The van der Waals surface area contributed by atoms with Crippen molar-refractivity contribution >= 4 is 23.1 Å². The first-order valence-corrected chi connectivity index (χ1v) is 10.5. The van der Waals surface area contributed by atoms with Gasteiger partial charge in [0, 0.05) is 22.4 Å². The molecule has 0 saturated carbocycles. The molecule has 130 valence electrons. The van der Waals surface area contributed by atoms with Gasteiger partial charge in [0.1, 0.15) is 0 Å². The topological polar surface area (TPSA) is 12.9 Å². The highest BCUT2D eigenvalue weighted by Crippen LogP contribution is 2.34. The van der Waals surface area contributed by atoms with Gasteiger partial charge >= 0.3 is 0 Å². The van der Waals surface area contributed by atoms with Crippen LogP contribution in [0.5, 0.6) is 0 Å². The van der Waals surface area contributed by atoms with Crippen LogP contribution in [0, 0.1) is 6.92 Å². The first kappa shape index (κ1) is 18.2. The molecule has 2 aromatic carbocycles. The number of benzene rings is 2. The Morgan fingerprint density at radius 2 is 1.72 bits per heavy atom. The van der Waals surface area contributed by atoms with Crippen LogP contribution < -0.4 is 0 Å². The Morgan fingerprint density at radius 3 is 2.44 bits per heavy atom. The Balaban J connectivity index is 1.65. The summed E-state index contributed by atoms with van der Waals surface area (Å²) in [6, 6.07) is 17.5. The zero-order valence-corrected chi connectivity index (χ0v) is 17.0. The Labute approximate surface area is 159 Å². The van der Waals surface area contributed by atoms with E-state index < -0.39 is 0 Å². The average molecular weight is 368 g/mol. The summed E-state index contributed by atoms with van der Waals surface area (Å²) >= 11 is 3.66. The normalized spacial score (nSPS) is 11.7. The molecule has 3 heteroatoms. The van der Waals surface area contributed by atoms with Crippen LogP contribution in [0.3, 0.4) is 0 Å². The Kier molecular flexibility index (Phi) is 5.65. The SMILES string of the molecule is Cc1ccc(Cc2nc(CSc3ccccc3C(C)(C)C)cs2)cc1. The highest BCUT2D eigenvalue weighted by Gasteiger charge is 2.17. The summed E-state index contributed by atoms with van der Waals surface area (Å²) in [5.41, 5.74) is 5.40. The van der Waals surface area contributed by atoms with Crippen LogP contribution in [0.1, 0.15) is 48.2 Å². The fourth-order valence-electron chi connectivity index (χ4n) is 2.74. The molecule has 0 atom stereocenters. The van der Waals surface area contributed by atoms with Crippen molar-refractivity contribution in [3.05, 3.63) is 81.3 Å². The number of thioether (sulfide) groups is 1. The number of hydrogen-bond donors (Lipinski definition) is 0. The van der Waals surface area contributed by atoms with E-state index in [-0.39, 0.29) is 5.41 Å². The summed E-state index contributed by atoms with van der Waals surface area (Å²) in [7, 11) is 0. The van der Waals surface area contributed by atoms with Crippen LogP contribution in [0.4, 0.5) is 0 Å². The number of hydrogen-bond acceptors (Lipinski definition) is 3. The highest BCUT2D eigenvalue weighted by atomic mass is 32.2. The first-order valence-electron chi connectivity index (χ1n) is 8.63. The van der Waals surface area contributed by atoms with E-state index >= 15 is 0 Å². The van der Waals surface area contributed by atoms with Gasteiger partial charge in [-0.2, -0.15) is 0 Å². The number of aromatic nitrogens is 1. The van der Waals surface area contributed by atoms with Crippen molar-refractivity contribution in [3.8, 4) is 0 Å². The molecule has 0 amide bonds. The zero-order valence-electron chi connectivity index (χ0n) is 15.4. The number of rotatable bonds is 5. The second-order valence-electron chi connectivity index (χ2n) is 7.43. The van der Waals surface area contributed by atoms with E-state index in [9.17, 15) is 0 Å². The highest BCUT2D eigenvalue weighted by molar-refractivity contribution is 7.98. The number of nitrogens with zero attached hydrogens (tertiary/aromatic N) is 1. The van der Waals surface area contributed by atoms with E-state index in [1.165, 1.54) is 32.3 Å². The van der Waals surface area contributed by atoms with Crippen LogP contribution in [0.15, 0.2) is 58.8 Å². The van der Waals surface area contributed by atoms with E-state index in [4.69, 9.17) is 4.98 Å². The largest absolute Gasteiger partial charge is 0.245 e. The Hall–Kier alpha value is -1.58. The Bertz CT molecular complexity index is 826. The van der Waals surface area contributed by atoms with Crippen LogP contribution in [0.2, 0.25) is 0 Å². The molecular formula is C22H25NS2. The van der Waals surface area contributed by atoms with Crippen molar-refractivity contribution in [2.45, 2.75) is 50.2 Å². The maximum absolute atomic E-state index is 4.83. The average Bonchev–Trinajstić information content (AvgIpc) is 3.02. The zero-order chi connectivity index (χ0) is 17.9. The third kappa shape index (κ3) is 4.96. The monoisotopic (exact) mass is 367 g/mol. The second kappa shape index (κ2) is 7.76. The molecule has 0 bridgehead atoms. The third-order valence-corrected chi connectivity index (χ3v) is 6.15. The smallest absolute Gasteiger partial charge is 0.0972 e. The van der Waals surface area contributed by atoms with E-state index in [1.807, 2.05) is 11.8 Å². The standard InChI is InChI=1S/C22H25NS2/c1-16-9-11-17(12-10-16)13-21-23-18(15-25-21)14-24-20-8-6-5-7-19(20)22(2,3)4/h5-12,15H,13-14H2,1-4H3. The van der Waals surface area contributed by atoms with Crippen molar-refractivity contribution in [1.29, 1.82) is 0 Å². The summed E-state index contributed by atoms with van der Waals surface area (Å²) in [5, 5.41) is 3.40. The van der Waals surface area contributed by atoms with Gasteiger partial charge in [0.2, 0.25) is 0 Å². The number of aryl methyl sites for hydroxylation is 1. The molecule has 1 aromatic heterocycles. The molecule has 0 saturated heterocycles. The molecule has 0 unspecified atom stereocenters. The van der Waals surface area contributed by atoms with Gasteiger partial charge in [0.15, 0.2) is 0 Å². The summed E-state index contributed by atoms with van der Waals surface area (Å²) in [5.74, 6) is 0.928. The lowest BCUT2D eigenvalue weighted by Crippen LogP contribution is -2.12. The van der Waals surface area contributed by atoms with Crippen molar-refractivity contribution in [2.24, 2.45) is 0 Å². The van der Waals surface area contributed by atoms with Gasteiger partial charge in [0.25, 0.3) is 0 Å². The fraction of sp³-hybridized carbons (Fsp3) is 0.318. The van der Waals surface area contributed by atoms with Gasteiger partial charge in [-0.3, -0.25) is 0 Å². The molecular weight excluding hydrogens is 342 g/mol. The van der Waals surface area contributed by atoms with Crippen LogP contribution in [-0.2, 0) is 17.6 Å². The van der Waals surface area contributed by atoms with E-state index in [1.54, 1.807) is 11.3 Å². The fourth-order valence-corrected chi connectivity index (χ4v) is 4.83. The van der Waals surface area contributed by atoms with Crippen molar-refractivity contribution < 1.29 is 0 Å². The molecule has 1 nitrogen and oxygen atoms in total. The molecule has 0 spiro atoms. The van der Waals surface area contributed by atoms with Crippen LogP contribution >= 0.6 is 23.1 Å². The number of thiazole rings is 1. The lowest BCUT2D eigenvalue weighted by Gasteiger charge is -2.22. The predicted octanol–water partition coefficient (Wildman–Crippen LogP) is 6.63. The molecule has 0 N–H and O–H groups in total. The lowest BCUT2D eigenvalue weighted by molar-refractivity contribution is 0.578. The van der Waals surface area contributed by atoms with Crippen molar-refractivity contribution in [1.82, 2.24) is 4.98 Å². The third-order valence-electron chi connectivity index (χ3n) is 4.15. The van der Waals surface area contributed by atoms with Gasteiger partial charge in [-0.15, -0.1) is 23.1 Å². The lowest BCUT2D eigenvalue weighted by atomic mass is 9.87. The van der Waals surface area contributed by atoms with E-state index in [0.717, 1.165) is 12.2 Å². The van der Waals surface area contributed by atoms with Gasteiger partial charge in [-0.25, -0.2) is 4.98 Å². The van der Waals surface area contributed by atoms with Gasteiger partial charge < -0.3 is 0 Å². The summed E-state index contributed by atoms with van der Waals surface area (Å²) in [4.78, 5) is 6.20. The maximum atomic E-state index is 4.83. The van der Waals surface area contributed by atoms with Gasteiger partial charge in [0.05, 0.1) is 10.7 Å². The minimum absolute atomic E-state index is 0.169. The molecule has 3 aromatic rings. The molecule has 25 heavy (non-hydrogen) atoms. The summed E-state index contributed by atoms with van der Waals surface area (Å²) in [6.45, 7) is 8.94. The molecule has 0 fully saturated rings. The van der Waals surface area contributed by atoms with Gasteiger partial charge in [-0.1, -0.05) is 68.8 Å². The second-order valence-corrected chi connectivity index (χ2v) is 9.39. The molecule has 0 radical (unpaired) electrons. The van der Waals surface area contributed by atoms with Crippen LogP contribution in [-0.4, -0.2) is 4.98 Å². The Morgan fingerprint density at radius 1 is 1.00 bits per heavy atom. The molecule has 0 aliphatic rings. The van der Waals surface area contributed by atoms with E-state index in [0.29, 0.717) is 0 Å². The first-order chi connectivity index (χ1) is 11.9. The van der Waals surface area contributed by atoms with Gasteiger partial charge in [-0.05, 0) is 29.5 Å².